The first-order valence-electron chi connectivity index (χ1n) is 11.4. The van der Waals surface area contributed by atoms with Crippen molar-refractivity contribution in [3.05, 3.63) is 54.6 Å². The molecule has 176 valence electrons. The third kappa shape index (κ3) is 4.35. The third-order valence-corrected chi connectivity index (χ3v) is 7.01. The number of furan rings is 1. The van der Waals surface area contributed by atoms with Crippen LogP contribution in [-0.2, 0) is 11.3 Å². The molecule has 2 aromatic heterocycles. The van der Waals surface area contributed by atoms with Gasteiger partial charge in [-0.05, 0) is 31.2 Å². The van der Waals surface area contributed by atoms with Gasteiger partial charge in [-0.15, -0.1) is 10.2 Å². The number of aromatic nitrogens is 3. The summed E-state index contributed by atoms with van der Waals surface area (Å²) >= 11 is 1.42. The van der Waals surface area contributed by atoms with E-state index in [0.29, 0.717) is 40.4 Å². The van der Waals surface area contributed by atoms with Gasteiger partial charge < -0.3 is 19.0 Å². The van der Waals surface area contributed by atoms with E-state index in [1.54, 1.807) is 7.11 Å². The normalized spacial score (nSPS) is 14.1. The SMILES string of the molecule is CCn1c(SCC(=O)N2CCN(c3ccccc3)CC2)nnc1-c1cc2cccc(OC)c2o1. The molecule has 3 heterocycles. The number of anilines is 1. The van der Waals surface area contributed by atoms with E-state index in [2.05, 4.69) is 27.2 Å². The van der Waals surface area contributed by atoms with Crippen molar-refractivity contribution in [1.82, 2.24) is 19.7 Å². The molecule has 0 saturated carbocycles. The summed E-state index contributed by atoms with van der Waals surface area (Å²) in [6.07, 6.45) is 0. The number of fused-ring (bicyclic) bond motifs is 1. The highest BCUT2D eigenvalue weighted by Gasteiger charge is 2.23. The van der Waals surface area contributed by atoms with E-state index in [4.69, 9.17) is 9.15 Å². The fraction of sp³-hybridized carbons (Fsp3) is 0.320. The minimum absolute atomic E-state index is 0.124. The van der Waals surface area contributed by atoms with Gasteiger partial charge in [0.05, 0.1) is 12.9 Å². The van der Waals surface area contributed by atoms with Crippen molar-refractivity contribution in [2.24, 2.45) is 0 Å². The summed E-state index contributed by atoms with van der Waals surface area (Å²) in [6.45, 7) is 5.83. The summed E-state index contributed by atoms with van der Waals surface area (Å²) in [5.41, 5.74) is 1.89. The van der Waals surface area contributed by atoms with Crippen LogP contribution < -0.4 is 9.64 Å². The van der Waals surface area contributed by atoms with Crippen molar-refractivity contribution in [2.75, 3.05) is 43.9 Å². The Kier molecular flexibility index (Phi) is 6.44. The molecule has 8 nitrogen and oxygen atoms in total. The summed E-state index contributed by atoms with van der Waals surface area (Å²) in [5.74, 6) is 2.41. The first kappa shape index (κ1) is 22.3. The lowest BCUT2D eigenvalue weighted by molar-refractivity contribution is -0.128. The highest BCUT2D eigenvalue weighted by molar-refractivity contribution is 7.99. The molecular formula is C25H27N5O3S. The number of rotatable bonds is 7. The van der Waals surface area contributed by atoms with Gasteiger partial charge in [0.2, 0.25) is 11.7 Å². The van der Waals surface area contributed by atoms with Crippen LogP contribution in [0.2, 0.25) is 0 Å². The number of carbonyl (C=O) groups is 1. The second kappa shape index (κ2) is 9.80. The molecule has 34 heavy (non-hydrogen) atoms. The van der Waals surface area contributed by atoms with Gasteiger partial charge >= 0.3 is 0 Å². The highest BCUT2D eigenvalue weighted by atomic mass is 32.2. The standard InChI is InChI=1S/C25H27N5O3S/c1-3-30-24(21-16-18-8-7-11-20(32-2)23(18)33-21)26-27-25(30)34-17-22(31)29-14-12-28(13-15-29)19-9-5-4-6-10-19/h4-11,16H,3,12-15,17H2,1-2H3. The lowest BCUT2D eigenvalue weighted by Crippen LogP contribution is -2.49. The molecule has 4 aromatic rings. The second-order valence-electron chi connectivity index (χ2n) is 8.03. The zero-order chi connectivity index (χ0) is 23.5. The predicted octanol–water partition coefficient (Wildman–Crippen LogP) is 4.16. The number of methoxy groups -OCH3 is 1. The number of amides is 1. The van der Waals surface area contributed by atoms with Crippen LogP contribution >= 0.6 is 11.8 Å². The molecule has 1 aliphatic rings. The van der Waals surface area contributed by atoms with Gasteiger partial charge in [0, 0.05) is 43.8 Å². The Hall–Kier alpha value is -3.46. The molecule has 0 atom stereocenters. The van der Waals surface area contributed by atoms with Crippen molar-refractivity contribution in [3.8, 4) is 17.3 Å². The molecule has 0 bridgehead atoms. The largest absolute Gasteiger partial charge is 0.493 e. The molecule has 0 radical (unpaired) electrons. The average Bonchev–Trinajstić information content (AvgIpc) is 3.51. The van der Waals surface area contributed by atoms with Crippen LogP contribution in [0.5, 0.6) is 5.75 Å². The van der Waals surface area contributed by atoms with Gasteiger partial charge in [0.15, 0.2) is 22.2 Å². The number of carbonyl (C=O) groups excluding carboxylic acids is 1. The minimum Gasteiger partial charge on any atom is -0.493 e. The molecule has 0 N–H and O–H groups in total. The number of para-hydroxylation sites is 2. The Morgan fingerprint density at radius 3 is 2.59 bits per heavy atom. The molecule has 1 saturated heterocycles. The van der Waals surface area contributed by atoms with Crippen molar-refractivity contribution in [1.29, 1.82) is 0 Å². The smallest absolute Gasteiger partial charge is 0.233 e. The van der Waals surface area contributed by atoms with Crippen LogP contribution in [0.4, 0.5) is 5.69 Å². The fourth-order valence-corrected chi connectivity index (χ4v) is 5.15. The molecule has 1 aliphatic heterocycles. The second-order valence-corrected chi connectivity index (χ2v) is 8.97. The first-order valence-corrected chi connectivity index (χ1v) is 12.4. The van der Waals surface area contributed by atoms with Gasteiger partial charge in [-0.25, -0.2) is 0 Å². The quantitative estimate of drug-likeness (QED) is 0.370. The molecule has 5 rings (SSSR count). The minimum atomic E-state index is 0.124. The van der Waals surface area contributed by atoms with Gasteiger partial charge in [-0.3, -0.25) is 9.36 Å². The summed E-state index contributed by atoms with van der Waals surface area (Å²) in [5, 5.41) is 10.4. The zero-order valence-electron chi connectivity index (χ0n) is 19.3. The maximum atomic E-state index is 12.9. The number of ether oxygens (including phenoxy) is 1. The third-order valence-electron chi connectivity index (χ3n) is 6.06. The summed E-state index contributed by atoms with van der Waals surface area (Å²) < 4.78 is 13.5. The first-order chi connectivity index (χ1) is 16.7. The van der Waals surface area contributed by atoms with E-state index in [9.17, 15) is 4.79 Å². The van der Waals surface area contributed by atoms with E-state index < -0.39 is 0 Å². The van der Waals surface area contributed by atoms with Crippen LogP contribution in [0.3, 0.4) is 0 Å². The van der Waals surface area contributed by atoms with Crippen molar-refractivity contribution >= 4 is 34.3 Å². The van der Waals surface area contributed by atoms with Crippen molar-refractivity contribution in [3.63, 3.8) is 0 Å². The molecular weight excluding hydrogens is 450 g/mol. The number of benzene rings is 2. The monoisotopic (exact) mass is 477 g/mol. The van der Waals surface area contributed by atoms with E-state index in [0.717, 1.165) is 31.6 Å². The summed E-state index contributed by atoms with van der Waals surface area (Å²) in [4.78, 5) is 17.1. The van der Waals surface area contributed by atoms with Crippen molar-refractivity contribution in [2.45, 2.75) is 18.6 Å². The maximum Gasteiger partial charge on any atom is 0.233 e. The topological polar surface area (TPSA) is 76.6 Å². The fourth-order valence-electron chi connectivity index (χ4n) is 4.24. The molecule has 0 aliphatic carbocycles. The van der Waals surface area contributed by atoms with E-state index in [1.165, 1.54) is 17.4 Å². The number of hydrogen-bond donors (Lipinski definition) is 0. The molecule has 0 unspecified atom stereocenters. The van der Waals surface area contributed by atoms with Gasteiger partial charge in [-0.1, -0.05) is 42.1 Å². The van der Waals surface area contributed by atoms with E-state index in [-0.39, 0.29) is 5.91 Å². The Bertz CT molecular complexity index is 1280. The summed E-state index contributed by atoms with van der Waals surface area (Å²) in [7, 11) is 1.62. The van der Waals surface area contributed by atoms with Crippen LogP contribution in [-0.4, -0.2) is 64.6 Å². The average molecular weight is 478 g/mol. The lowest BCUT2D eigenvalue weighted by atomic mass is 10.2. The lowest BCUT2D eigenvalue weighted by Gasteiger charge is -2.36. The molecule has 9 heteroatoms. The van der Waals surface area contributed by atoms with Crippen LogP contribution in [0.25, 0.3) is 22.6 Å². The maximum absolute atomic E-state index is 12.9. The molecule has 2 aromatic carbocycles. The van der Waals surface area contributed by atoms with Crippen LogP contribution in [0, 0.1) is 0 Å². The Balaban J connectivity index is 1.24. The Morgan fingerprint density at radius 1 is 1.06 bits per heavy atom. The van der Waals surface area contributed by atoms with Crippen molar-refractivity contribution < 1.29 is 13.9 Å². The van der Waals surface area contributed by atoms with Gasteiger partial charge in [-0.2, -0.15) is 0 Å². The van der Waals surface area contributed by atoms with E-state index in [1.807, 2.05) is 58.9 Å². The number of piperazine rings is 1. The Labute approximate surface area is 202 Å². The zero-order valence-corrected chi connectivity index (χ0v) is 20.1. The molecule has 0 spiro atoms. The van der Waals surface area contributed by atoms with Crippen LogP contribution in [0.1, 0.15) is 6.92 Å². The predicted molar refractivity (Wildman–Crippen MR) is 133 cm³/mol. The van der Waals surface area contributed by atoms with Gasteiger partial charge in [0.1, 0.15) is 0 Å². The molecule has 1 amide bonds. The number of hydrogen-bond acceptors (Lipinski definition) is 7. The van der Waals surface area contributed by atoms with Crippen LogP contribution in [0.15, 0.2) is 64.2 Å². The molecule has 1 fully saturated rings. The van der Waals surface area contributed by atoms with Gasteiger partial charge in [0.25, 0.3) is 0 Å². The highest BCUT2D eigenvalue weighted by Crippen LogP contribution is 2.33. The Morgan fingerprint density at radius 2 is 1.85 bits per heavy atom. The number of nitrogens with zero attached hydrogens (tertiary/aromatic N) is 5. The van der Waals surface area contributed by atoms with E-state index >= 15 is 0 Å². The number of thioether (sulfide) groups is 1. The summed E-state index contributed by atoms with van der Waals surface area (Å²) in [6, 6.07) is 18.0.